The smallest absolute Gasteiger partial charge is 0.243 e. The molecule has 1 aliphatic carbocycles. The van der Waals surface area contributed by atoms with Crippen molar-refractivity contribution in [3.05, 3.63) is 18.3 Å². The number of anilines is 1. The predicted molar refractivity (Wildman–Crippen MR) is 85.5 cm³/mol. The Hall–Kier alpha value is -1.27. The molecule has 0 spiro atoms. The van der Waals surface area contributed by atoms with Crippen molar-refractivity contribution >= 4 is 23.5 Å². The molecule has 21 heavy (non-hydrogen) atoms. The number of fused-ring (bicyclic) bond motifs is 1. The maximum Gasteiger partial charge on any atom is 0.243 e. The lowest BCUT2D eigenvalue weighted by atomic mass is 10.2. The van der Waals surface area contributed by atoms with E-state index in [-0.39, 0.29) is 0 Å². The van der Waals surface area contributed by atoms with Crippen molar-refractivity contribution in [2.75, 3.05) is 25.0 Å². The van der Waals surface area contributed by atoms with Gasteiger partial charge in [-0.15, -0.1) is 5.10 Å². The standard InChI is InChI=1S/C15H21N5S/c1-2-8-19(9-3-1)21-13-6-7-14-17-15(18-20(14)11-13)16-10-12-4-5-12/h6-7,11-12H,1-5,8-10H2,(H,16,18). The summed E-state index contributed by atoms with van der Waals surface area (Å²) in [6.45, 7) is 3.38. The van der Waals surface area contributed by atoms with E-state index >= 15 is 0 Å². The number of hydrogen-bond acceptors (Lipinski definition) is 5. The van der Waals surface area contributed by atoms with Crippen molar-refractivity contribution in [2.45, 2.75) is 37.0 Å². The fourth-order valence-corrected chi connectivity index (χ4v) is 3.67. The summed E-state index contributed by atoms with van der Waals surface area (Å²) in [7, 11) is 0. The molecular formula is C15H21N5S. The fraction of sp³-hybridized carbons (Fsp3) is 0.600. The number of pyridine rings is 1. The molecule has 2 aromatic heterocycles. The zero-order chi connectivity index (χ0) is 14.1. The number of nitrogens with one attached hydrogen (secondary N) is 1. The molecular weight excluding hydrogens is 282 g/mol. The average Bonchev–Trinajstić information content (AvgIpc) is 3.25. The largest absolute Gasteiger partial charge is 0.353 e. The van der Waals surface area contributed by atoms with Crippen molar-refractivity contribution < 1.29 is 0 Å². The van der Waals surface area contributed by atoms with Crippen LogP contribution in [0.5, 0.6) is 0 Å². The van der Waals surface area contributed by atoms with E-state index in [0.717, 1.165) is 24.1 Å². The van der Waals surface area contributed by atoms with Crippen LogP contribution in [0.4, 0.5) is 5.95 Å². The van der Waals surface area contributed by atoms with Crippen molar-refractivity contribution in [3.8, 4) is 0 Å². The topological polar surface area (TPSA) is 45.5 Å². The van der Waals surface area contributed by atoms with Gasteiger partial charge in [-0.1, -0.05) is 6.42 Å². The summed E-state index contributed by atoms with van der Waals surface area (Å²) < 4.78 is 4.34. The minimum atomic E-state index is 0.752. The lowest BCUT2D eigenvalue weighted by Gasteiger charge is -2.24. The highest BCUT2D eigenvalue weighted by atomic mass is 32.2. The first kappa shape index (κ1) is 13.4. The third-order valence-electron chi connectivity index (χ3n) is 4.10. The van der Waals surface area contributed by atoms with Gasteiger partial charge in [-0.05, 0) is 55.7 Å². The second kappa shape index (κ2) is 5.85. The van der Waals surface area contributed by atoms with Crippen molar-refractivity contribution in [1.29, 1.82) is 0 Å². The number of aromatic nitrogens is 3. The van der Waals surface area contributed by atoms with Crippen LogP contribution in [0.3, 0.4) is 0 Å². The molecule has 0 unspecified atom stereocenters. The van der Waals surface area contributed by atoms with Gasteiger partial charge in [0.25, 0.3) is 0 Å². The van der Waals surface area contributed by atoms with Gasteiger partial charge in [0.1, 0.15) is 0 Å². The summed E-state index contributed by atoms with van der Waals surface area (Å²) in [4.78, 5) is 5.76. The Labute approximate surface area is 129 Å². The van der Waals surface area contributed by atoms with Crippen LogP contribution in [-0.2, 0) is 0 Å². The van der Waals surface area contributed by atoms with Crippen LogP contribution in [0, 0.1) is 5.92 Å². The molecule has 0 bridgehead atoms. The molecule has 6 heteroatoms. The van der Waals surface area contributed by atoms with Gasteiger partial charge < -0.3 is 5.32 Å². The lowest BCUT2D eigenvalue weighted by Crippen LogP contribution is -2.22. The molecule has 0 radical (unpaired) electrons. The summed E-state index contributed by atoms with van der Waals surface area (Å²) in [6.07, 6.45) is 8.77. The van der Waals surface area contributed by atoms with Crippen LogP contribution in [-0.4, -0.2) is 38.5 Å². The van der Waals surface area contributed by atoms with Crippen molar-refractivity contribution in [3.63, 3.8) is 0 Å². The highest BCUT2D eigenvalue weighted by Gasteiger charge is 2.21. The molecule has 0 amide bonds. The summed E-state index contributed by atoms with van der Waals surface area (Å²) >= 11 is 1.84. The normalized spacial score (nSPS) is 20.0. The van der Waals surface area contributed by atoms with Gasteiger partial charge in [-0.2, -0.15) is 4.98 Å². The van der Waals surface area contributed by atoms with Crippen LogP contribution in [0.15, 0.2) is 23.2 Å². The second-order valence-corrected chi connectivity index (χ2v) is 7.18. The first-order valence-electron chi connectivity index (χ1n) is 7.90. The van der Waals surface area contributed by atoms with E-state index in [1.807, 2.05) is 16.5 Å². The van der Waals surface area contributed by atoms with Crippen LogP contribution in [0.25, 0.3) is 5.65 Å². The molecule has 112 valence electrons. The van der Waals surface area contributed by atoms with Gasteiger partial charge in [0.2, 0.25) is 5.95 Å². The van der Waals surface area contributed by atoms with Gasteiger partial charge in [-0.3, -0.25) is 0 Å². The van der Waals surface area contributed by atoms with E-state index in [1.54, 1.807) is 0 Å². The Morgan fingerprint density at radius 1 is 1.19 bits per heavy atom. The Morgan fingerprint density at radius 2 is 2.05 bits per heavy atom. The number of piperidine rings is 1. The number of nitrogens with zero attached hydrogens (tertiary/aromatic N) is 4. The fourth-order valence-electron chi connectivity index (χ4n) is 2.66. The zero-order valence-corrected chi connectivity index (χ0v) is 13.0. The van der Waals surface area contributed by atoms with E-state index in [2.05, 4.69) is 38.0 Å². The second-order valence-electron chi connectivity index (χ2n) is 6.01. The van der Waals surface area contributed by atoms with Gasteiger partial charge in [0.05, 0.1) is 0 Å². The third kappa shape index (κ3) is 3.32. The first-order valence-corrected chi connectivity index (χ1v) is 8.67. The van der Waals surface area contributed by atoms with Crippen LogP contribution < -0.4 is 5.32 Å². The molecule has 3 heterocycles. The van der Waals surface area contributed by atoms with Gasteiger partial charge in [0.15, 0.2) is 5.65 Å². The van der Waals surface area contributed by atoms with Gasteiger partial charge in [0, 0.05) is 30.7 Å². The van der Waals surface area contributed by atoms with Crippen molar-refractivity contribution in [1.82, 2.24) is 18.9 Å². The summed E-state index contributed by atoms with van der Waals surface area (Å²) in [5, 5.41) is 7.87. The Bertz CT molecular complexity index is 616. The van der Waals surface area contributed by atoms with Crippen LogP contribution in [0.2, 0.25) is 0 Å². The van der Waals surface area contributed by atoms with E-state index in [9.17, 15) is 0 Å². The molecule has 1 N–H and O–H groups in total. The van der Waals surface area contributed by atoms with Gasteiger partial charge >= 0.3 is 0 Å². The summed E-state index contributed by atoms with van der Waals surface area (Å²) in [5.41, 5.74) is 0.913. The van der Waals surface area contributed by atoms with Gasteiger partial charge in [-0.25, -0.2) is 8.82 Å². The maximum absolute atomic E-state index is 4.53. The third-order valence-corrected chi connectivity index (χ3v) is 5.17. The van der Waals surface area contributed by atoms with E-state index in [0.29, 0.717) is 0 Å². The molecule has 4 rings (SSSR count). The first-order chi connectivity index (χ1) is 10.4. The zero-order valence-electron chi connectivity index (χ0n) is 12.2. The molecule has 5 nitrogen and oxygen atoms in total. The summed E-state index contributed by atoms with van der Waals surface area (Å²) in [5.74, 6) is 1.59. The van der Waals surface area contributed by atoms with E-state index < -0.39 is 0 Å². The highest BCUT2D eigenvalue weighted by molar-refractivity contribution is 7.97. The molecule has 1 saturated carbocycles. The highest BCUT2D eigenvalue weighted by Crippen LogP contribution is 2.29. The maximum atomic E-state index is 4.53. The Morgan fingerprint density at radius 3 is 2.86 bits per heavy atom. The lowest BCUT2D eigenvalue weighted by molar-refractivity contribution is 0.380. The average molecular weight is 303 g/mol. The van der Waals surface area contributed by atoms with Crippen molar-refractivity contribution in [2.24, 2.45) is 5.92 Å². The van der Waals surface area contributed by atoms with E-state index in [1.165, 1.54) is 50.1 Å². The molecule has 2 fully saturated rings. The monoisotopic (exact) mass is 303 g/mol. The summed E-state index contributed by atoms with van der Waals surface area (Å²) in [6, 6.07) is 4.20. The van der Waals surface area contributed by atoms with Crippen LogP contribution >= 0.6 is 11.9 Å². The quantitative estimate of drug-likeness (QED) is 0.860. The Kier molecular flexibility index (Phi) is 3.73. The SMILES string of the molecule is c1cc2nc(NCC3CC3)nn2cc1SN1CCCCC1. The van der Waals surface area contributed by atoms with E-state index in [4.69, 9.17) is 0 Å². The molecule has 1 aliphatic heterocycles. The minimum absolute atomic E-state index is 0.752. The number of rotatable bonds is 5. The molecule has 0 aromatic carbocycles. The number of hydrogen-bond donors (Lipinski definition) is 1. The molecule has 0 atom stereocenters. The predicted octanol–water partition coefficient (Wildman–Crippen LogP) is 3.04. The van der Waals surface area contributed by atoms with Crippen LogP contribution in [0.1, 0.15) is 32.1 Å². The molecule has 2 aliphatic rings. The molecule has 2 aromatic rings. The molecule has 1 saturated heterocycles. The minimum Gasteiger partial charge on any atom is -0.353 e. The Balaban J connectivity index is 1.46.